The van der Waals surface area contributed by atoms with Crippen molar-refractivity contribution >= 4 is 0 Å². The first kappa shape index (κ1) is 23.1. The van der Waals surface area contributed by atoms with Gasteiger partial charge in [-0.3, -0.25) is 0 Å². The molecular weight excluding hydrogens is 416 g/mol. The van der Waals surface area contributed by atoms with Gasteiger partial charge in [-0.05, 0) is 68.0 Å². The van der Waals surface area contributed by atoms with Crippen molar-refractivity contribution in [3.8, 4) is 28.7 Å². The minimum Gasteiger partial charge on any atom is -0.493 e. The van der Waals surface area contributed by atoms with E-state index in [1.807, 2.05) is 55.5 Å². The summed E-state index contributed by atoms with van der Waals surface area (Å²) in [6.45, 7) is 3.97. The quantitative estimate of drug-likeness (QED) is 0.482. The Morgan fingerprint density at radius 2 is 1.76 bits per heavy atom. The summed E-state index contributed by atoms with van der Waals surface area (Å²) in [5.74, 6) is 7.90. The first-order valence-corrected chi connectivity index (χ1v) is 11.2. The molecule has 2 atom stereocenters. The van der Waals surface area contributed by atoms with Gasteiger partial charge in [0.15, 0.2) is 0 Å². The maximum Gasteiger partial charge on any atom is 0.138 e. The Balaban J connectivity index is 1.38. The van der Waals surface area contributed by atoms with Crippen LogP contribution in [0, 0.1) is 17.8 Å². The minimum absolute atomic E-state index is 0.171. The summed E-state index contributed by atoms with van der Waals surface area (Å²) >= 11 is 0. The summed E-state index contributed by atoms with van der Waals surface area (Å²) in [6, 6.07) is 15.5. The van der Waals surface area contributed by atoms with Crippen LogP contribution >= 0.6 is 0 Å². The van der Waals surface area contributed by atoms with Crippen LogP contribution in [0.25, 0.3) is 11.1 Å². The van der Waals surface area contributed by atoms with Crippen LogP contribution < -0.4 is 4.74 Å². The van der Waals surface area contributed by atoms with Crippen molar-refractivity contribution in [3.05, 3.63) is 72.3 Å². The fourth-order valence-corrected chi connectivity index (χ4v) is 4.29. The Kier molecular flexibility index (Phi) is 6.85. The van der Waals surface area contributed by atoms with Crippen LogP contribution in [0.2, 0.25) is 0 Å². The van der Waals surface area contributed by atoms with E-state index in [9.17, 15) is 15.3 Å². The highest BCUT2D eigenvalue weighted by atomic mass is 16.5. The Morgan fingerprint density at radius 1 is 1.12 bits per heavy atom. The van der Waals surface area contributed by atoms with Crippen molar-refractivity contribution in [2.24, 2.45) is 5.92 Å². The Labute approximate surface area is 194 Å². The summed E-state index contributed by atoms with van der Waals surface area (Å²) in [6.07, 6.45) is 4.16. The van der Waals surface area contributed by atoms with Crippen LogP contribution in [0.5, 0.6) is 5.75 Å². The number of hydrogen-bond donors (Lipinski definition) is 3. The molecule has 0 aliphatic heterocycles. The Bertz CT molecular complexity index is 1110. The maximum atomic E-state index is 9.84. The molecule has 33 heavy (non-hydrogen) atoms. The first-order chi connectivity index (χ1) is 15.8. The third kappa shape index (κ3) is 5.63. The van der Waals surface area contributed by atoms with Gasteiger partial charge >= 0.3 is 0 Å². The molecule has 2 aromatic carbocycles. The number of hydrogen-bond acceptors (Lipinski definition) is 5. The fraction of sp³-hybridized carbons (Fsp3) is 0.370. The minimum atomic E-state index is -0.735. The molecule has 0 spiro atoms. The lowest BCUT2D eigenvalue weighted by Crippen LogP contribution is -2.43. The Morgan fingerprint density at radius 3 is 2.33 bits per heavy atom. The summed E-state index contributed by atoms with van der Waals surface area (Å²) in [5.41, 5.74) is 2.48. The number of rotatable bonds is 7. The summed E-state index contributed by atoms with van der Waals surface area (Å²) in [5, 5.41) is 29.4. The van der Waals surface area contributed by atoms with Gasteiger partial charge in [0.05, 0.1) is 18.8 Å². The normalized spacial score (nSPS) is 21.4. The molecule has 4 rings (SSSR count). The van der Waals surface area contributed by atoms with Gasteiger partial charge in [0, 0.05) is 18.0 Å². The van der Waals surface area contributed by atoms with E-state index in [4.69, 9.17) is 4.74 Å². The molecule has 0 amide bonds. The van der Waals surface area contributed by atoms with Gasteiger partial charge in [0.2, 0.25) is 0 Å². The van der Waals surface area contributed by atoms with E-state index >= 15 is 0 Å². The molecule has 1 aromatic heterocycles. The summed E-state index contributed by atoms with van der Waals surface area (Å²) < 4.78 is 7.56. The highest BCUT2D eigenvalue weighted by molar-refractivity contribution is 5.65. The van der Waals surface area contributed by atoms with Gasteiger partial charge < -0.3 is 24.6 Å². The van der Waals surface area contributed by atoms with E-state index in [0.29, 0.717) is 18.3 Å². The van der Waals surface area contributed by atoms with Gasteiger partial charge in [0.25, 0.3) is 0 Å². The van der Waals surface area contributed by atoms with E-state index in [2.05, 4.69) is 16.8 Å². The second-order valence-electron chi connectivity index (χ2n) is 9.02. The SMILES string of the molecule is C[C@H](O)c1nccn1[C@@H](C#Cc1ccc(-c2ccc(OCC3CC(C)(O)C3)cc2)cc1)CO. The molecule has 1 saturated carbocycles. The number of aliphatic hydroxyl groups excluding tert-OH is 2. The molecule has 0 radical (unpaired) electrons. The fourth-order valence-electron chi connectivity index (χ4n) is 4.29. The smallest absolute Gasteiger partial charge is 0.138 e. The van der Waals surface area contributed by atoms with Crippen molar-refractivity contribution in [3.63, 3.8) is 0 Å². The van der Waals surface area contributed by atoms with Gasteiger partial charge in [-0.2, -0.15) is 0 Å². The number of benzene rings is 2. The van der Waals surface area contributed by atoms with Gasteiger partial charge in [0.1, 0.15) is 23.7 Å². The van der Waals surface area contributed by atoms with Crippen LogP contribution in [0.4, 0.5) is 0 Å². The summed E-state index contributed by atoms with van der Waals surface area (Å²) in [7, 11) is 0. The monoisotopic (exact) mass is 446 g/mol. The van der Waals surface area contributed by atoms with Gasteiger partial charge in [-0.15, -0.1) is 0 Å². The lowest BCUT2D eigenvalue weighted by molar-refractivity contribution is -0.0690. The zero-order chi connectivity index (χ0) is 23.4. The topological polar surface area (TPSA) is 87.7 Å². The number of aromatic nitrogens is 2. The first-order valence-electron chi connectivity index (χ1n) is 11.2. The van der Waals surface area contributed by atoms with Crippen molar-refractivity contribution in [2.75, 3.05) is 13.2 Å². The highest BCUT2D eigenvalue weighted by Gasteiger charge is 2.38. The van der Waals surface area contributed by atoms with E-state index < -0.39 is 17.7 Å². The number of imidazole rings is 1. The molecule has 1 aliphatic carbocycles. The van der Waals surface area contributed by atoms with Crippen LogP contribution in [-0.4, -0.2) is 43.7 Å². The third-order valence-electron chi connectivity index (χ3n) is 5.98. The van der Waals surface area contributed by atoms with Crippen LogP contribution in [-0.2, 0) is 0 Å². The van der Waals surface area contributed by atoms with Crippen molar-refractivity contribution in [1.82, 2.24) is 9.55 Å². The zero-order valence-corrected chi connectivity index (χ0v) is 19.0. The van der Waals surface area contributed by atoms with Crippen LogP contribution in [0.15, 0.2) is 60.9 Å². The number of ether oxygens (including phenoxy) is 1. The predicted molar refractivity (Wildman–Crippen MR) is 127 cm³/mol. The van der Waals surface area contributed by atoms with E-state index in [1.54, 1.807) is 23.9 Å². The molecule has 1 fully saturated rings. The molecule has 0 unspecified atom stereocenters. The molecule has 1 aliphatic rings. The van der Waals surface area contributed by atoms with Gasteiger partial charge in [-0.1, -0.05) is 36.1 Å². The van der Waals surface area contributed by atoms with Crippen LogP contribution in [0.3, 0.4) is 0 Å². The average Bonchev–Trinajstić information content (AvgIpc) is 3.28. The third-order valence-corrected chi connectivity index (χ3v) is 5.98. The molecule has 0 bridgehead atoms. The highest BCUT2D eigenvalue weighted by Crippen LogP contribution is 2.37. The molecule has 1 heterocycles. The second-order valence-corrected chi connectivity index (χ2v) is 9.02. The molecular formula is C27H30N2O4. The van der Waals surface area contributed by atoms with E-state index in [-0.39, 0.29) is 6.61 Å². The van der Waals surface area contributed by atoms with Crippen molar-refractivity contribution < 1.29 is 20.1 Å². The van der Waals surface area contributed by atoms with Crippen molar-refractivity contribution in [2.45, 2.75) is 44.4 Å². The standard InChI is InChI=1S/C27H30N2O4/c1-19(31)26-28-13-14-29(26)24(17-30)10-5-20-3-6-22(7-4-20)23-8-11-25(12-9-23)33-18-21-15-27(2,32)16-21/h3-4,6-9,11-14,19,21,24,30-32H,15-18H2,1-2H3/t19-,21?,24-,27?/m0/s1. The van der Waals surface area contributed by atoms with E-state index in [1.165, 1.54) is 0 Å². The second kappa shape index (κ2) is 9.80. The van der Waals surface area contributed by atoms with E-state index in [0.717, 1.165) is 35.3 Å². The summed E-state index contributed by atoms with van der Waals surface area (Å²) in [4.78, 5) is 4.14. The molecule has 6 nitrogen and oxygen atoms in total. The molecule has 0 saturated heterocycles. The molecule has 3 N–H and O–H groups in total. The molecule has 172 valence electrons. The number of aliphatic hydroxyl groups is 3. The molecule has 3 aromatic rings. The van der Waals surface area contributed by atoms with Crippen LogP contribution in [0.1, 0.15) is 50.2 Å². The van der Waals surface area contributed by atoms with Gasteiger partial charge in [-0.25, -0.2) is 4.98 Å². The average molecular weight is 447 g/mol. The predicted octanol–water partition coefficient (Wildman–Crippen LogP) is 3.73. The maximum absolute atomic E-state index is 9.84. The zero-order valence-electron chi connectivity index (χ0n) is 19.0. The molecule has 6 heteroatoms. The lowest BCUT2D eigenvalue weighted by Gasteiger charge is -2.40. The Hall–Kier alpha value is -3.11. The lowest BCUT2D eigenvalue weighted by atomic mass is 9.73. The number of nitrogens with zero attached hydrogens (tertiary/aromatic N) is 2. The largest absolute Gasteiger partial charge is 0.493 e. The van der Waals surface area contributed by atoms with Crippen molar-refractivity contribution in [1.29, 1.82) is 0 Å².